The highest BCUT2D eigenvalue weighted by Gasteiger charge is 2.06. The molecule has 19 heavy (non-hydrogen) atoms. The third kappa shape index (κ3) is 3.67. The normalized spacial score (nSPS) is 10.4. The second-order valence-corrected chi connectivity index (χ2v) is 4.17. The second-order valence-electron chi connectivity index (χ2n) is 4.17. The van der Waals surface area contributed by atoms with E-state index >= 15 is 0 Å². The third-order valence-electron chi connectivity index (χ3n) is 2.76. The summed E-state index contributed by atoms with van der Waals surface area (Å²) in [7, 11) is 0. The predicted molar refractivity (Wildman–Crippen MR) is 73.3 cm³/mol. The Morgan fingerprint density at radius 2 is 2.26 bits per heavy atom. The molecule has 0 fully saturated rings. The molecular formula is C13H19N5O. The summed E-state index contributed by atoms with van der Waals surface area (Å²) < 4.78 is 7.49. The van der Waals surface area contributed by atoms with Crippen LogP contribution in [0, 0.1) is 6.92 Å². The Kier molecular flexibility index (Phi) is 4.72. The van der Waals surface area contributed by atoms with Crippen molar-refractivity contribution in [1.29, 1.82) is 0 Å². The van der Waals surface area contributed by atoms with Gasteiger partial charge in [-0.15, -0.1) is 0 Å². The van der Waals surface area contributed by atoms with Gasteiger partial charge in [0.25, 0.3) is 0 Å². The van der Waals surface area contributed by atoms with E-state index < -0.39 is 0 Å². The third-order valence-corrected chi connectivity index (χ3v) is 2.76. The highest BCUT2D eigenvalue weighted by molar-refractivity contribution is 5.47. The van der Waals surface area contributed by atoms with Crippen LogP contribution in [-0.4, -0.2) is 32.7 Å². The Labute approximate surface area is 112 Å². The summed E-state index contributed by atoms with van der Waals surface area (Å²) in [4.78, 5) is 12.4. The van der Waals surface area contributed by atoms with Crippen molar-refractivity contribution >= 4 is 5.82 Å². The molecule has 2 aromatic rings. The van der Waals surface area contributed by atoms with Crippen molar-refractivity contribution in [3.63, 3.8) is 0 Å². The molecule has 0 atom stereocenters. The highest BCUT2D eigenvalue weighted by atomic mass is 16.5. The minimum Gasteiger partial charge on any atom is -0.478 e. The standard InChI is InChI=1S/C13H19N5O/c1-3-19-13-11(2)12(16-9-17-13)15-5-4-7-18-8-6-14-10-18/h6,8-10H,3-5,7H2,1-2H3,(H,15,16,17). The summed E-state index contributed by atoms with van der Waals surface area (Å²) >= 11 is 0. The summed E-state index contributed by atoms with van der Waals surface area (Å²) in [5.41, 5.74) is 0.951. The average Bonchev–Trinajstić information content (AvgIpc) is 2.92. The van der Waals surface area contributed by atoms with Crippen molar-refractivity contribution < 1.29 is 4.74 Å². The fraction of sp³-hybridized carbons (Fsp3) is 0.462. The number of anilines is 1. The molecule has 0 aliphatic heterocycles. The van der Waals surface area contributed by atoms with Crippen molar-refractivity contribution in [2.45, 2.75) is 26.8 Å². The number of nitrogens with one attached hydrogen (secondary N) is 1. The SMILES string of the molecule is CCOc1ncnc(NCCCn2ccnc2)c1C. The first-order chi connectivity index (χ1) is 9.31. The highest BCUT2D eigenvalue weighted by Crippen LogP contribution is 2.19. The maximum Gasteiger partial charge on any atom is 0.221 e. The van der Waals surface area contributed by atoms with E-state index in [0.717, 1.165) is 30.9 Å². The van der Waals surface area contributed by atoms with Crippen LogP contribution in [0.4, 0.5) is 5.82 Å². The Balaban J connectivity index is 1.83. The Hall–Kier alpha value is -2.11. The van der Waals surface area contributed by atoms with Crippen molar-refractivity contribution in [2.24, 2.45) is 0 Å². The van der Waals surface area contributed by atoms with Crippen molar-refractivity contribution in [1.82, 2.24) is 19.5 Å². The average molecular weight is 261 g/mol. The molecule has 0 aliphatic carbocycles. The Morgan fingerprint density at radius 1 is 1.37 bits per heavy atom. The first kappa shape index (κ1) is 13.3. The van der Waals surface area contributed by atoms with Gasteiger partial charge in [-0.2, -0.15) is 0 Å². The molecule has 0 spiro atoms. The number of ether oxygens (including phenoxy) is 1. The zero-order valence-electron chi connectivity index (χ0n) is 11.3. The molecule has 0 bridgehead atoms. The first-order valence-electron chi connectivity index (χ1n) is 6.45. The molecule has 0 saturated heterocycles. The predicted octanol–water partition coefficient (Wildman–Crippen LogP) is 1.88. The van der Waals surface area contributed by atoms with Gasteiger partial charge in [0.15, 0.2) is 0 Å². The summed E-state index contributed by atoms with van der Waals surface area (Å²) in [6.45, 7) is 6.30. The van der Waals surface area contributed by atoms with Crippen molar-refractivity contribution in [3.05, 3.63) is 30.6 Å². The molecule has 102 valence electrons. The lowest BCUT2D eigenvalue weighted by Crippen LogP contribution is -2.09. The molecule has 0 amide bonds. The van der Waals surface area contributed by atoms with Crippen LogP contribution in [0.25, 0.3) is 0 Å². The monoisotopic (exact) mass is 261 g/mol. The van der Waals surface area contributed by atoms with Gasteiger partial charge in [-0.1, -0.05) is 0 Å². The van der Waals surface area contributed by atoms with Crippen LogP contribution in [-0.2, 0) is 6.54 Å². The molecular weight excluding hydrogens is 242 g/mol. The maximum atomic E-state index is 5.44. The summed E-state index contributed by atoms with van der Waals surface area (Å²) in [6.07, 6.45) is 8.10. The van der Waals surface area contributed by atoms with E-state index in [-0.39, 0.29) is 0 Å². The van der Waals surface area contributed by atoms with Gasteiger partial charge >= 0.3 is 0 Å². The van der Waals surface area contributed by atoms with Crippen molar-refractivity contribution in [3.8, 4) is 5.88 Å². The molecule has 6 nitrogen and oxygen atoms in total. The lowest BCUT2D eigenvalue weighted by Gasteiger charge is -2.11. The van der Waals surface area contributed by atoms with E-state index in [1.807, 2.05) is 26.4 Å². The molecule has 2 heterocycles. The fourth-order valence-electron chi connectivity index (χ4n) is 1.78. The smallest absolute Gasteiger partial charge is 0.221 e. The second kappa shape index (κ2) is 6.72. The van der Waals surface area contributed by atoms with E-state index in [9.17, 15) is 0 Å². The number of nitrogens with zero attached hydrogens (tertiary/aromatic N) is 4. The number of aromatic nitrogens is 4. The van der Waals surface area contributed by atoms with Crippen LogP contribution in [0.1, 0.15) is 18.9 Å². The maximum absolute atomic E-state index is 5.44. The molecule has 2 aromatic heterocycles. The molecule has 0 aliphatic rings. The minimum atomic E-state index is 0.609. The van der Waals surface area contributed by atoms with Gasteiger partial charge in [0.2, 0.25) is 5.88 Å². The van der Waals surface area contributed by atoms with Gasteiger partial charge in [-0.3, -0.25) is 0 Å². The van der Waals surface area contributed by atoms with E-state index in [0.29, 0.717) is 12.5 Å². The fourth-order valence-corrected chi connectivity index (χ4v) is 1.78. The van der Waals surface area contributed by atoms with Crippen LogP contribution >= 0.6 is 0 Å². The quantitative estimate of drug-likeness (QED) is 0.771. The molecule has 0 saturated carbocycles. The van der Waals surface area contributed by atoms with Crippen LogP contribution in [0.3, 0.4) is 0 Å². The molecule has 2 rings (SSSR count). The summed E-state index contributed by atoms with van der Waals surface area (Å²) in [5, 5.41) is 3.31. The molecule has 0 radical (unpaired) electrons. The number of hydrogen-bond acceptors (Lipinski definition) is 5. The van der Waals surface area contributed by atoms with Gasteiger partial charge in [-0.25, -0.2) is 15.0 Å². The Bertz CT molecular complexity index is 498. The van der Waals surface area contributed by atoms with E-state index in [1.165, 1.54) is 6.33 Å². The summed E-state index contributed by atoms with van der Waals surface area (Å²) in [6, 6.07) is 0. The number of imidazole rings is 1. The molecule has 1 N–H and O–H groups in total. The zero-order valence-corrected chi connectivity index (χ0v) is 11.3. The number of rotatable bonds is 7. The van der Waals surface area contributed by atoms with E-state index in [4.69, 9.17) is 4.74 Å². The van der Waals surface area contributed by atoms with Gasteiger partial charge < -0.3 is 14.6 Å². The van der Waals surface area contributed by atoms with E-state index in [1.54, 1.807) is 6.20 Å². The molecule has 0 unspecified atom stereocenters. The topological polar surface area (TPSA) is 64.9 Å². The van der Waals surface area contributed by atoms with Gasteiger partial charge in [0.05, 0.1) is 18.5 Å². The lowest BCUT2D eigenvalue weighted by molar-refractivity contribution is 0.324. The van der Waals surface area contributed by atoms with E-state index in [2.05, 4.69) is 24.8 Å². The van der Waals surface area contributed by atoms with Crippen LogP contribution < -0.4 is 10.1 Å². The molecule has 0 aromatic carbocycles. The number of hydrogen-bond donors (Lipinski definition) is 1. The first-order valence-corrected chi connectivity index (χ1v) is 6.45. The van der Waals surface area contributed by atoms with Crippen LogP contribution in [0.2, 0.25) is 0 Å². The largest absolute Gasteiger partial charge is 0.478 e. The van der Waals surface area contributed by atoms with Crippen LogP contribution in [0.5, 0.6) is 5.88 Å². The zero-order chi connectivity index (χ0) is 13.5. The minimum absolute atomic E-state index is 0.609. The Morgan fingerprint density at radius 3 is 3.00 bits per heavy atom. The van der Waals surface area contributed by atoms with Crippen molar-refractivity contribution in [2.75, 3.05) is 18.5 Å². The number of aryl methyl sites for hydroxylation is 1. The van der Waals surface area contributed by atoms with Gasteiger partial charge in [0, 0.05) is 25.5 Å². The summed E-state index contributed by atoms with van der Waals surface area (Å²) in [5.74, 6) is 1.48. The van der Waals surface area contributed by atoms with Gasteiger partial charge in [0.1, 0.15) is 12.1 Å². The van der Waals surface area contributed by atoms with Gasteiger partial charge in [-0.05, 0) is 20.3 Å². The molecule has 6 heteroatoms. The lowest BCUT2D eigenvalue weighted by atomic mass is 10.3. The van der Waals surface area contributed by atoms with Crippen LogP contribution in [0.15, 0.2) is 25.0 Å².